The topological polar surface area (TPSA) is 23.5 Å². The van der Waals surface area contributed by atoms with Gasteiger partial charge in [0.05, 0.1) is 0 Å². The van der Waals surface area contributed by atoms with E-state index in [0.717, 1.165) is 31.4 Å². The van der Waals surface area contributed by atoms with E-state index in [-0.39, 0.29) is 0 Å². The van der Waals surface area contributed by atoms with Crippen LogP contribution in [0.4, 0.5) is 0 Å². The van der Waals surface area contributed by atoms with E-state index in [1.165, 1.54) is 5.56 Å². The van der Waals surface area contributed by atoms with Crippen LogP contribution in [0.25, 0.3) is 0 Å². The van der Waals surface area contributed by atoms with Gasteiger partial charge in [0, 0.05) is 12.6 Å². The van der Waals surface area contributed by atoms with E-state index in [2.05, 4.69) is 42.2 Å². The fraction of sp³-hybridized carbons (Fsp3) is 0.400. The van der Waals surface area contributed by atoms with Crippen molar-refractivity contribution in [3.05, 3.63) is 71.8 Å². The van der Waals surface area contributed by atoms with E-state index >= 15 is 0 Å². The molecule has 2 atom stereocenters. The third-order valence-electron chi connectivity index (χ3n) is 4.82. The summed E-state index contributed by atoms with van der Waals surface area (Å²) in [6.07, 6.45) is 2.95. The van der Waals surface area contributed by atoms with Crippen molar-refractivity contribution in [1.82, 2.24) is 4.90 Å². The molecule has 2 aromatic carbocycles. The van der Waals surface area contributed by atoms with Crippen LogP contribution in [-0.2, 0) is 5.60 Å². The summed E-state index contributed by atoms with van der Waals surface area (Å²) in [5.41, 5.74) is 1.67. The molecule has 2 aromatic rings. The Morgan fingerprint density at radius 2 is 1.68 bits per heavy atom. The molecule has 0 spiro atoms. The molecule has 1 saturated heterocycles. The zero-order valence-electron chi connectivity index (χ0n) is 13.3. The van der Waals surface area contributed by atoms with Gasteiger partial charge in [-0.2, -0.15) is 0 Å². The number of piperidine rings is 1. The van der Waals surface area contributed by atoms with Crippen molar-refractivity contribution in [1.29, 1.82) is 0 Å². The molecule has 0 bridgehead atoms. The van der Waals surface area contributed by atoms with Gasteiger partial charge in [0.25, 0.3) is 0 Å². The number of benzene rings is 2. The van der Waals surface area contributed by atoms with E-state index in [1.54, 1.807) is 0 Å². The Labute approximate surface area is 133 Å². The van der Waals surface area contributed by atoms with Crippen molar-refractivity contribution in [2.24, 2.45) is 0 Å². The van der Waals surface area contributed by atoms with Gasteiger partial charge < -0.3 is 5.11 Å². The lowest BCUT2D eigenvalue weighted by Gasteiger charge is -2.43. The minimum atomic E-state index is -0.721. The first-order valence-electron chi connectivity index (χ1n) is 8.30. The number of β-amino-alcohol motifs (C(OH)–C–C–N with tert-alkyl or cyclic N) is 1. The summed E-state index contributed by atoms with van der Waals surface area (Å²) in [7, 11) is 0. The fourth-order valence-corrected chi connectivity index (χ4v) is 3.70. The third-order valence-corrected chi connectivity index (χ3v) is 4.82. The maximum atomic E-state index is 11.2. The predicted molar refractivity (Wildman–Crippen MR) is 90.6 cm³/mol. The quantitative estimate of drug-likeness (QED) is 0.917. The van der Waals surface area contributed by atoms with Crippen LogP contribution in [0, 0.1) is 0 Å². The lowest BCUT2D eigenvalue weighted by Crippen LogP contribution is -2.47. The molecule has 22 heavy (non-hydrogen) atoms. The first-order chi connectivity index (χ1) is 10.7. The van der Waals surface area contributed by atoms with E-state index in [1.807, 2.05) is 30.3 Å². The molecule has 0 amide bonds. The van der Waals surface area contributed by atoms with E-state index in [4.69, 9.17) is 0 Å². The zero-order chi connectivity index (χ0) is 15.4. The standard InChI is InChI=1S/C20H25NO/c1-2-19(17-10-5-3-6-11-17)21-15-9-14-20(22,16-21)18-12-7-4-8-13-18/h3-8,10-13,19,22H,2,9,14-16H2,1H3. The van der Waals surface area contributed by atoms with Gasteiger partial charge in [-0.3, -0.25) is 4.90 Å². The molecule has 1 aliphatic heterocycles. The van der Waals surface area contributed by atoms with Gasteiger partial charge in [-0.05, 0) is 36.9 Å². The van der Waals surface area contributed by atoms with Crippen molar-refractivity contribution in [3.8, 4) is 0 Å². The fourth-order valence-electron chi connectivity index (χ4n) is 3.70. The van der Waals surface area contributed by atoms with Crippen LogP contribution in [0.5, 0.6) is 0 Å². The summed E-state index contributed by atoms with van der Waals surface area (Å²) in [6, 6.07) is 21.2. The van der Waals surface area contributed by atoms with Crippen LogP contribution < -0.4 is 0 Å². The highest BCUT2D eigenvalue weighted by molar-refractivity contribution is 5.25. The number of rotatable bonds is 4. The molecule has 3 rings (SSSR count). The number of aliphatic hydroxyl groups is 1. The third kappa shape index (κ3) is 3.08. The van der Waals surface area contributed by atoms with Crippen molar-refractivity contribution in [2.75, 3.05) is 13.1 Å². The molecule has 1 fully saturated rings. The number of hydrogen-bond donors (Lipinski definition) is 1. The molecule has 0 aromatic heterocycles. The van der Waals surface area contributed by atoms with Crippen LogP contribution >= 0.6 is 0 Å². The SMILES string of the molecule is CCC(c1ccccc1)N1CCCC(O)(c2ccccc2)C1. The second-order valence-corrected chi connectivity index (χ2v) is 6.31. The normalized spacial score (nSPS) is 24.1. The van der Waals surface area contributed by atoms with E-state index < -0.39 is 5.60 Å². The minimum Gasteiger partial charge on any atom is -0.384 e. The minimum absolute atomic E-state index is 0.386. The number of nitrogens with zero attached hydrogens (tertiary/aromatic N) is 1. The van der Waals surface area contributed by atoms with E-state index in [9.17, 15) is 5.11 Å². The van der Waals surface area contributed by atoms with Crippen LogP contribution in [0.15, 0.2) is 60.7 Å². The summed E-state index contributed by atoms with van der Waals surface area (Å²) < 4.78 is 0. The lowest BCUT2D eigenvalue weighted by molar-refractivity contribution is -0.0498. The summed E-state index contributed by atoms with van der Waals surface area (Å²) in [5.74, 6) is 0. The Morgan fingerprint density at radius 1 is 1.05 bits per heavy atom. The smallest absolute Gasteiger partial charge is 0.102 e. The Hall–Kier alpha value is -1.64. The average Bonchev–Trinajstić information content (AvgIpc) is 2.58. The van der Waals surface area contributed by atoms with Crippen LogP contribution in [0.3, 0.4) is 0 Å². The highest BCUT2D eigenvalue weighted by Crippen LogP contribution is 2.36. The molecule has 1 N–H and O–H groups in total. The molecule has 1 aliphatic rings. The van der Waals surface area contributed by atoms with Crippen LogP contribution in [0.1, 0.15) is 43.4 Å². The average molecular weight is 295 g/mol. The van der Waals surface area contributed by atoms with Crippen LogP contribution in [0.2, 0.25) is 0 Å². The van der Waals surface area contributed by atoms with Gasteiger partial charge in [-0.15, -0.1) is 0 Å². The van der Waals surface area contributed by atoms with Crippen LogP contribution in [-0.4, -0.2) is 23.1 Å². The molecule has 0 radical (unpaired) electrons. The van der Waals surface area contributed by atoms with Gasteiger partial charge in [0.15, 0.2) is 0 Å². The van der Waals surface area contributed by atoms with E-state index in [0.29, 0.717) is 12.6 Å². The van der Waals surface area contributed by atoms with Gasteiger partial charge in [-0.1, -0.05) is 67.6 Å². The maximum Gasteiger partial charge on any atom is 0.102 e. The summed E-state index contributed by atoms with van der Waals surface area (Å²) >= 11 is 0. The highest BCUT2D eigenvalue weighted by Gasteiger charge is 2.37. The molecule has 116 valence electrons. The van der Waals surface area contributed by atoms with Crippen molar-refractivity contribution >= 4 is 0 Å². The Kier molecular flexibility index (Phi) is 4.60. The Bertz CT molecular complexity index is 583. The molecule has 0 saturated carbocycles. The highest BCUT2D eigenvalue weighted by atomic mass is 16.3. The van der Waals surface area contributed by atoms with Crippen molar-refractivity contribution in [2.45, 2.75) is 37.8 Å². The largest absolute Gasteiger partial charge is 0.384 e. The molecule has 0 aliphatic carbocycles. The summed E-state index contributed by atoms with van der Waals surface area (Å²) in [6.45, 7) is 4.00. The monoisotopic (exact) mass is 295 g/mol. The second-order valence-electron chi connectivity index (χ2n) is 6.31. The lowest BCUT2D eigenvalue weighted by atomic mass is 9.84. The van der Waals surface area contributed by atoms with Gasteiger partial charge in [0.2, 0.25) is 0 Å². The zero-order valence-corrected chi connectivity index (χ0v) is 13.3. The Morgan fingerprint density at radius 3 is 2.32 bits per heavy atom. The van der Waals surface area contributed by atoms with Crippen molar-refractivity contribution < 1.29 is 5.11 Å². The maximum absolute atomic E-state index is 11.2. The molecule has 2 nitrogen and oxygen atoms in total. The molecular formula is C20H25NO. The molecule has 1 heterocycles. The van der Waals surface area contributed by atoms with Gasteiger partial charge in [-0.25, -0.2) is 0 Å². The first kappa shape index (κ1) is 15.3. The van der Waals surface area contributed by atoms with Gasteiger partial charge in [0.1, 0.15) is 5.60 Å². The number of likely N-dealkylation sites (tertiary alicyclic amines) is 1. The van der Waals surface area contributed by atoms with Gasteiger partial charge >= 0.3 is 0 Å². The Balaban J connectivity index is 1.83. The summed E-state index contributed by atoms with van der Waals surface area (Å²) in [5, 5.41) is 11.2. The molecule has 2 heteroatoms. The number of hydrogen-bond acceptors (Lipinski definition) is 2. The predicted octanol–water partition coefficient (Wildman–Crippen LogP) is 4.12. The molecule has 2 unspecified atom stereocenters. The second kappa shape index (κ2) is 6.64. The van der Waals surface area contributed by atoms with Crippen molar-refractivity contribution in [3.63, 3.8) is 0 Å². The summed E-state index contributed by atoms with van der Waals surface area (Å²) in [4.78, 5) is 2.45. The molecular weight excluding hydrogens is 270 g/mol. The first-order valence-corrected chi connectivity index (χ1v) is 8.30.